The minimum atomic E-state index is -0.851. The topological polar surface area (TPSA) is 64.6 Å². The normalized spacial score (nSPS) is 11.5. The van der Waals surface area contributed by atoms with Gasteiger partial charge in [0.25, 0.3) is 5.91 Å². The summed E-state index contributed by atoms with van der Waals surface area (Å²) in [6.45, 7) is 1.36. The Balaban J connectivity index is 1.93. The molecule has 2 rings (SSSR count). The number of amides is 1. The van der Waals surface area contributed by atoms with Crippen LogP contribution in [-0.4, -0.2) is 25.0 Å². The number of nitrogens with one attached hydrogen (secondary N) is 1. The number of carbonyl (C=O) groups is 2. The number of esters is 1. The Hall–Kier alpha value is -2.41. The second kappa shape index (κ2) is 8.62. The minimum absolute atomic E-state index is 0.155. The summed E-state index contributed by atoms with van der Waals surface area (Å²) < 4.78 is 24.4. The predicted molar refractivity (Wildman–Crippen MR) is 93.8 cm³/mol. The number of carbonyl (C=O) groups excluding carboxylic acids is 2. The molecule has 1 N–H and O–H groups in total. The van der Waals surface area contributed by atoms with Gasteiger partial charge >= 0.3 is 5.97 Å². The summed E-state index contributed by atoms with van der Waals surface area (Å²) in [5.41, 5.74) is 0.830. The Morgan fingerprint density at radius 1 is 1.20 bits per heavy atom. The van der Waals surface area contributed by atoms with Crippen molar-refractivity contribution in [3.05, 3.63) is 63.9 Å². The highest BCUT2D eigenvalue weighted by molar-refractivity contribution is 9.10. The molecule has 7 heteroatoms. The van der Waals surface area contributed by atoms with E-state index in [2.05, 4.69) is 21.2 Å². The maximum absolute atomic E-state index is 13.3. The molecule has 0 aliphatic heterocycles. The van der Waals surface area contributed by atoms with Crippen LogP contribution in [-0.2, 0) is 16.1 Å². The van der Waals surface area contributed by atoms with Crippen molar-refractivity contribution in [3.8, 4) is 5.75 Å². The maximum atomic E-state index is 13.3. The molecule has 2 aromatic carbocycles. The molecule has 0 saturated heterocycles. The Morgan fingerprint density at radius 2 is 1.88 bits per heavy atom. The molecule has 25 heavy (non-hydrogen) atoms. The summed E-state index contributed by atoms with van der Waals surface area (Å²) >= 11 is 3.29. The third kappa shape index (κ3) is 5.29. The van der Waals surface area contributed by atoms with E-state index in [1.54, 1.807) is 24.3 Å². The van der Waals surface area contributed by atoms with Crippen LogP contribution in [0.5, 0.6) is 5.75 Å². The molecule has 0 fully saturated rings. The Labute approximate surface area is 153 Å². The first kappa shape index (κ1) is 18.9. The average molecular weight is 410 g/mol. The molecule has 0 spiro atoms. The van der Waals surface area contributed by atoms with E-state index in [0.29, 0.717) is 16.9 Å². The molecular formula is C18H17BrFNO4. The summed E-state index contributed by atoms with van der Waals surface area (Å²) in [7, 11) is 1.44. The van der Waals surface area contributed by atoms with Gasteiger partial charge in [-0.1, -0.05) is 15.9 Å². The van der Waals surface area contributed by atoms with Crippen molar-refractivity contribution in [2.24, 2.45) is 0 Å². The highest BCUT2D eigenvalue weighted by Gasteiger charge is 2.19. The lowest BCUT2D eigenvalue weighted by Gasteiger charge is -2.14. The molecule has 0 bridgehead atoms. The van der Waals surface area contributed by atoms with Gasteiger partial charge in [0.05, 0.1) is 7.11 Å². The lowest BCUT2D eigenvalue weighted by molar-refractivity contribution is -0.146. The SMILES string of the molecule is COc1ccc(F)cc1COC(=O)[C@H](C)NC(=O)c1ccc(Br)cc1. The zero-order chi connectivity index (χ0) is 18.4. The van der Waals surface area contributed by atoms with Gasteiger partial charge in [-0.2, -0.15) is 0 Å². The van der Waals surface area contributed by atoms with Gasteiger partial charge in [0.15, 0.2) is 0 Å². The molecule has 0 aliphatic rings. The summed E-state index contributed by atoms with van der Waals surface area (Å²) in [4.78, 5) is 24.1. The van der Waals surface area contributed by atoms with E-state index in [-0.39, 0.29) is 12.5 Å². The zero-order valence-electron chi connectivity index (χ0n) is 13.7. The average Bonchev–Trinajstić information content (AvgIpc) is 2.60. The van der Waals surface area contributed by atoms with Crippen molar-refractivity contribution >= 4 is 27.8 Å². The van der Waals surface area contributed by atoms with Crippen molar-refractivity contribution < 1.29 is 23.5 Å². The van der Waals surface area contributed by atoms with Gasteiger partial charge in [0.1, 0.15) is 24.2 Å². The number of ether oxygens (including phenoxy) is 2. The number of benzene rings is 2. The van der Waals surface area contributed by atoms with Crippen LogP contribution in [0, 0.1) is 5.82 Å². The number of hydrogen-bond acceptors (Lipinski definition) is 4. The van der Waals surface area contributed by atoms with Crippen LogP contribution in [0.15, 0.2) is 46.9 Å². The molecule has 0 saturated carbocycles. The fourth-order valence-electron chi connectivity index (χ4n) is 2.07. The summed E-state index contributed by atoms with van der Waals surface area (Å²) in [6, 6.07) is 9.82. The standard InChI is InChI=1S/C18H17BrFNO4/c1-11(21-17(22)12-3-5-14(19)6-4-12)18(23)25-10-13-9-15(20)7-8-16(13)24-2/h3-9,11H,10H2,1-2H3,(H,21,22)/t11-/m0/s1. The zero-order valence-corrected chi connectivity index (χ0v) is 15.3. The summed E-state index contributed by atoms with van der Waals surface area (Å²) in [5.74, 6) is -1.05. The van der Waals surface area contributed by atoms with Gasteiger partial charge in [-0.15, -0.1) is 0 Å². The first-order valence-corrected chi connectivity index (χ1v) is 8.25. The molecule has 1 atom stereocenters. The smallest absolute Gasteiger partial charge is 0.328 e. The highest BCUT2D eigenvalue weighted by atomic mass is 79.9. The van der Waals surface area contributed by atoms with E-state index in [4.69, 9.17) is 9.47 Å². The lowest BCUT2D eigenvalue weighted by atomic mass is 10.2. The van der Waals surface area contributed by atoms with E-state index in [9.17, 15) is 14.0 Å². The molecule has 0 unspecified atom stereocenters. The van der Waals surface area contributed by atoms with E-state index >= 15 is 0 Å². The first-order valence-electron chi connectivity index (χ1n) is 7.46. The first-order chi connectivity index (χ1) is 11.9. The Kier molecular flexibility index (Phi) is 6.52. The van der Waals surface area contributed by atoms with E-state index in [1.165, 1.54) is 32.2 Å². The van der Waals surface area contributed by atoms with Crippen LogP contribution in [0.4, 0.5) is 4.39 Å². The van der Waals surface area contributed by atoms with Crippen molar-refractivity contribution in [3.63, 3.8) is 0 Å². The molecule has 0 heterocycles. The van der Waals surface area contributed by atoms with E-state index in [0.717, 1.165) is 4.47 Å². The van der Waals surface area contributed by atoms with Crippen LogP contribution < -0.4 is 10.1 Å². The molecule has 5 nitrogen and oxygen atoms in total. The fraction of sp³-hybridized carbons (Fsp3) is 0.222. The molecule has 2 aromatic rings. The lowest BCUT2D eigenvalue weighted by Crippen LogP contribution is -2.39. The Bertz CT molecular complexity index is 764. The van der Waals surface area contributed by atoms with Gasteiger partial charge in [0, 0.05) is 15.6 Å². The van der Waals surface area contributed by atoms with Crippen molar-refractivity contribution in [1.29, 1.82) is 0 Å². The quantitative estimate of drug-likeness (QED) is 0.741. The van der Waals surface area contributed by atoms with Gasteiger partial charge in [-0.3, -0.25) is 4.79 Å². The number of methoxy groups -OCH3 is 1. The van der Waals surface area contributed by atoms with Crippen molar-refractivity contribution in [2.45, 2.75) is 19.6 Å². The van der Waals surface area contributed by atoms with Crippen LogP contribution >= 0.6 is 15.9 Å². The van der Waals surface area contributed by atoms with Gasteiger partial charge in [0.2, 0.25) is 0 Å². The van der Waals surface area contributed by atoms with Crippen LogP contribution in [0.25, 0.3) is 0 Å². The third-order valence-corrected chi connectivity index (χ3v) is 3.95. The van der Waals surface area contributed by atoms with Crippen LogP contribution in [0.2, 0.25) is 0 Å². The predicted octanol–water partition coefficient (Wildman–Crippen LogP) is 3.46. The summed E-state index contributed by atoms with van der Waals surface area (Å²) in [6.07, 6.45) is 0. The molecule has 1 amide bonds. The Morgan fingerprint density at radius 3 is 2.52 bits per heavy atom. The number of hydrogen-bond donors (Lipinski definition) is 1. The van der Waals surface area contributed by atoms with Gasteiger partial charge in [-0.05, 0) is 49.4 Å². The molecule has 0 aromatic heterocycles. The molecule has 132 valence electrons. The van der Waals surface area contributed by atoms with Crippen LogP contribution in [0.3, 0.4) is 0 Å². The number of halogens is 2. The monoisotopic (exact) mass is 409 g/mol. The second-order valence-electron chi connectivity index (χ2n) is 5.27. The molecule has 0 aliphatic carbocycles. The molecule has 0 radical (unpaired) electrons. The molecular weight excluding hydrogens is 393 g/mol. The third-order valence-electron chi connectivity index (χ3n) is 3.42. The van der Waals surface area contributed by atoms with Crippen molar-refractivity contribution in [2.75, 3.05) is 7.11 Å². The van der Waals surface area contributed by atoms with Gasteiger partial charge in [-0.25, -0.2) is 9.18 Å². The van der Waals surface area contributed by atoms with E-state index in [1.807, 2.05) is 0 Å². The van der Waals surface area contributed by atoms with Gasteiger partial charge < -0.3 is 14.8 Å². The summed E-state index contributed by atoms with van der Waals surface area (Å²) in [5, 5.41) is 2.56. The maximum Gasteiger partial charge on any atom is 0.328 e. The fourth-order valence-corrected chi connectivity index (χ4v) is 2.34. The number of rotatable bonds is 6. The van der Waals surface area contributed by atoms with E-state index < -0.39 is 17.8 Å². The highest BCUT2D eigenvalue weighted by Crippen LogP contribution is 2.20. The van der Waals surface area contributed by atoms with Crippen molar-refractivity contribution in [1.82, 2.24) is 5.32 Å². The second-order valence-corrected chi connectivity index (χ2v) is 6.18. The minimum Gasteiger partial charge on any atom is -0.496 e. The largest absolute Gasteiger partial charge is 0.496 e. The van der Waals surface area contributed by atoms with Crippen LogP contribution in [0.1, 0.15) is 22.8 Å².